The van der Waals surface area contributed by atoms with Gasteiger partial charge in [0.05, 0.1) is 24.2 Å². The Bertz CT molecular complexity index is 1240. The largest absolute Gasteiger partial charge is 0.507 e. The molecule has 1 aliphatic rings. The van der Waals surface area contributed by atoms with Crippen molar-refractivity contribution in [2.75, 3.05) is 31.1 Å². The minimum absolute atomic E-state index is 0.0867. The number of hydroxylamine groups is 2. The van der Waals surface area contributed by atoms with E-state index in [-0.39, 0.29) is 16.2 Å². The molecule has 7 heteroatoms. The van der Waals surface area contributed by atoms with Gasteiger partial charge in [-0.2, -0.15) is 0 Å². The number of fused-ring (bicyclic) bond motifs is 1. The number of benzene rings is 3. The van der Waals surface area contributed by atoms with Crippen LogP contribution >= 0.6 is 0 Å². The molecular formula is C24H22FN4O2+. The maximum atomic E-state index is 14.1. The summed E-state index contributed by atoms with van der Waals surface area (Å²) in [6.45, 7) is 2.01. The quantitative estimate of drug-likeness (QED) is 0.485. The van der Waals surface area contributed by atoms with Crippen molar-refractivity contribution in [2.24, 2.45) is 0 Å². The van der Waals surface area contributed by atoms with Crippen molar-refractivity contribution in [2.45, 2.75) is 0 Å². The summed E-state index contributed by atoms with van der Waals surface area (Å²) < 4.78 is 13.9. The maximum absolute atomic E-state index is 14.1. The van der Waals surface area contributed by atoms with Crippen molar-refractivity contribution in [3.05, 3.63) is 78.6 Å². The van der Waals surface area contributed by atoms with Crippen molar-refractivity contribution in [1.29, 1.82) is 0 Å². The third kappa shape index (κ3) is 3.58. The lowest BCUT2D eigenvalue weighted by Gasteiger charge is -2.38. The highest BCUT2D eigenvalue weighted by Gasteiger charge is 2.35. The fourth-order valence-electron chi connectivity index (χ4n) is 4.08. The molecule has 0 aliphatic carbocycles. The molecule has 0 atom stereocenters. The van der Waals surface area contributed by atoms with E-state index >= 15 is 0 Å². The molecule has 0 unspecified atom stereocenters. The summed E-state index contributed by atoms with van der Waals surface area (Å²) in [7, 11) is 0. The Hall–Kier alpha value is -3.55. The van der Waals surface area contributed by atoms with Crippen LogP contribution in [0.5, 0.6) is 5.75 Å². The fourth-order valence-corrected chi connectivity index (χ4v) is 4.08. The summed E-state index contributed by atoms with van der Waals surface area (Å²) in [5.74, 6) is 0.706. The smallest absolute Gasteiger partial charge is 0.165 e. The van der Waals surface area contributed by atoms with Gasteiger partial charge in [-0.3, -0.25) is 0 Å². The highest BCUT2D eigenvalue weighted by Crippen LogP contribution is 2.33. The standard InChI is InChI=1S/C24H21FN4O2/c25-17-10-11-21-20(16-17)24(27-23(26-21)19-8-4-5-9-22(19)30)28-12-14-29(31,15-13-28)18-6-2-1-3-7-18/h1-11,16,31H,12-15H2/p+1. The van der Waals surface area contributed by atoms with E-state index in [0.29, 0.717) is 54.3 Å². The number of aromatic hydroxyl groups is 1. The molecule has 1 aromatic heterocycles. The predicted octanol–water partition coefficient (Wildman–Crippen LogP) is 4.36. The number of hydrogen-bond donors (Lipinski definition) is 2. The normalized spacial score (nSPS) is 15.9. The molecule has 2 heterocycles. The van der Waals surface area contributed by atoms with E-state index in [2.05, 4.69) is 4.98 Å². The number of hydrogen-bond acceptors (Lipinski definition) is 5. The molecule has 1 fully saturated rings. The molecule has 0 bridgehead atoms. The molecule has 3 aromatic carbocycles. The van der Waals surface area contributed by atoms with E-state index in [9.17, 15) is 14.7 Å². The number of phenols is 1. The van der Waals surface area contributed by atoms with E-state index in [1.807, 2.05) is 41.3 Å². The summed E-state index contributed by atoms with van der Waals surface area (Å²) >= 11 is 0. The lowest BCUT2D eigenvalue weighted by Crippen LogP contribution is -2.59. The SMILES string of the molecule is Oc1ccccc1-c1nc(N2CC[N+](O)(c3ccccc3)CC2)c2cc(F)ccc2n1. The summed E-state index contributed by atoms with van der Waals surface area (Å²) in [5, 5.41) is 22.0. The molecule has 5 rings (SSSR count). The van der Waals surface area contributed by atoms with Crippen molar-refractivity contribution >= 4 is 22.4 Å². The Labute approximate surface area is 179 Å². The molecule has 2 N–H and O–H groups in total. The monoisotopic (exact) mass is 417 g/mol. The van der Waals surface area contributed by atoms with Crippen LogP contribution in [0.15, 0.2) is 72.8 Å². The van der Waals surface area contributed by atoms with E-state index < -0.39 is 0 Å². The molecular weight excluding hydrogens is 395 g/mol. The van der Waals surface area contributed by atoms with Crippen LogP contribution in [-0.4, -0.2) is 46.5 Å². The van der Waals surface area contributed by atoms with Crippen LogP contribution in [0.25, 0.3) is 22.3 Å². The van der Waals surface area contributed by atoms with Gasteiger partial charge in [-0.05, 0) is 30.3 Å². The van der Waals surface area contributed by atoms with Crippen LogP contribution in [-0.2, 0) is 0 Å². The van der Waals surface area contributed by atoms with Crippen LogP contribution < -0.4 is 9.55 Å². The van der Waals surface area contributed by atoms with Gasteiger partial charge in [0.25, 0.3) is 0 Å². The van der Waals surface area contributed by atoms with E-state index in [1.54, 1.807) is 24.3 Å². The Balaban J connectivity index is 1.55. The van der Waals surface area contributed by atoms with Gasteiger partial charge >= 0.3 is 0 Å². The molecule has 0 radical (unpaired) electrons. The second-order valence-corrected chi connectivity index (χ2v) is 7.74. The van der Waals surface area contributed by atoms with Crippen molar-refractivity contribution in [1.82, 2.24) is 14.6 Å². The molecule has 1 aliphatic heterocycles. The van der Waals surface area contributed by atoms with Crippen LogP contribution in [0.1, 0.15) is 0 Å². The molecule has 0 amide bonds. The van der Waals surface area contributed by atoms with Gasteiger partial charge in [0.1, 0.15) is 30.5 Å². The van der Waals surface area contributed by atoms with E-state index in [4.69, 9.17) is 4.98 Å². The molecule has 6 nitrogen and oxygen atoms in total. The maximum Gasteiger partial charge on any atom is 0.165 e. The van der Waals surface area contributed by atoms with Crippen LogP contribution in [0.4, 0.5) is 15.9 Å². The minimum atomic E-state index is -0.360. The van der Waals surface area contributed by atoms with Gasteiger partial charge in [-0.25, -0.2) is 19.6 Å². The number of rotatable bonds is 3. The number of para-hydroxylation sites is 2. The van der Waals surface area contributed by atoms with Gasteiger partial charge in [0.2, 0.25) is 0 Å². The first kappa shape index (κ1) is 19.4. The number of halogens is 1. The second kappa shape index (κ2) is 7.61. The summed E-state index contributed by atoms with van der Waals surface area (Å²) in [6, 6.07) is 20.9. The Morgan fingerprint density at radius 2 is 1.58 bits per heavy atom. The minimum Gasteiger partial charge on any atom is -0.507 e. The zero-order valence-corrected chi connectivity index (χ0v) is 16.8. The van der Waals surface area contributed by atoms with Crippen molar-refractivity contribution in [3.63, 3.8) is 0 Å². The van der Waals surface area contributed by atoms with Crippen LogP contribution in [0.3, 0.4) is 0 Å². The highest BCUT2D eigenvalue weighted by atomic mass is 19.1. The summed E-state index contributed by atoms with van der Waals surface area (Å²) in [4.78, 5) is 11.3. The average molecular weight is 417 g/mol. The number of aromatic nitrogens is 2. The number of piperazine rings is 1. The van der Waals surface area contributed by atoms with Gasteiger partial charge in [0, 0.05) is 17.5 Å². The third-order valence-electron chi connectivity index (χ3n) is 5.80. The van der Waals surface area contributed by atoms with Gasteiger partial charge in [-0.1, -0.05) is 30.3 Å². The van der Waals surface area contributed by atoms with Gasteiger partial charge in [0.15, 0.2) is 11.5 Å². The topological polar surface area (TPSA) is 69.5 Å². The second-order valence-electron chi connectivity index (χ2n) is 7.74. The average Bonchev–Trinajstić information content (AvgIpc) is 2.80. The molecule has 156 valence electrons. The Morgan fingerprint density at radius 1 is 0.871 bits per heavy atom. The van der Waals surface area contributed by atoms with Gasteiger partial charge in [-0.15, -0.1) is 4.65 Å². The summed E-state index contributed by atoms with van der Waals surface area (Å²) in [5.41, 5.74) is 1.96. The first-order chi connectivity index (χ1) is 15.0. The Kier molecular flexibility index (Phi) is 4.77. The lowest BCUT2D eigenvalue weighted by atomic mass is 10.1. The van der Waals surface area contributed by atoms with E-state index in [1.165, 1.54) is 12.1 Å². The first-order valence-corrected chi connectivity index (χ1v) is 10.2. The first-order valence-electron chi connectivity index (χ1n) is 10.2. The zero-order valence-electron chi connectivity index (χ0n) is 16.8. The van der Waals surface area contributed by atoms with Gasteiger partial charge < -0.3 is 10.0 Å². The number of quaternary nitrogens is 1. The summed E-state index contributed by atoms with van der Waals surface area (Å²) in [6.07, 6.45) is 0. The highest BCUT2D eigenvalue weighted by molar-refractivity contribution is 5.91. The zero-order chi connectivity index (χ0) is 21.4. The molecule has 1 saturated heterocycles. The predicted molar refractivity (Wildman–Crippen MR) is 119 cm³/mol. The number of anilines is 1. The fraction of sp³-hybridized carbons (Fsp3) is 0.167. The molecule has 31 heavy (non-hydrogen) atoms. The molecule has 0 spiro atoms. The Morgan fingerprint density at radius 3 is 2.32 bits per heavy atom. The molecule has 4 aromatic rings. The van der Waals surface area contributed by atoms with Crippen molar-refractivity contribution < 1.29 is 14.7 Å². The number of phenolic OH excluding ortho intramolecular Hbond substituents is 1. The number of nitrogens with zero attached hydrogens (tertiary/aromatic N) is 4. The van der Waals surface area contributed by atoms with Crippen LogP contribution in [0.2, 0.25) is 0 Å². The molecule has 0 saturated carbocycles. The lowest BCUT2D eigenvalue weighted by molar-refractivity contribution is -0.0831. The van der Waals surface area contributed by atoms with E-state index in [0.717, 1.165) is 5.69 Å². The van der Waals surface area contributed by atoms with Crippen LogP contribution in [0, 0.1) is 5.82 Å². The van der Waals surface area contributed by atoms with Crippen molar-refractivity contribution in [3.8, 4) is 17.1 Å². The third-order valence-corrected chi connectivity index (χ3v) is 5.80.